The average molecular weight is 403 g/mol. The van der Waals surface area contributed by atoms with Crippen molar-refractivity contribution in [2.75, 3.05) is 0 Å². The van der Waals surface area contributed by atoms with Crippen LogP contribution in [-0.4, -0.2) is 11.0 Å². The third kappa shape index (κ3) is 3.66. The van der Waals surface area contributed by atoms with Crippen molar-refractivity contribution in [2.24, 2.45) is 0 Å². The van der Waals surface area contributed by atoms with E-state index in [1.807, 2.05) is 98.8 Å². The van der Waals surface area contributed by atoms with E-state index in [1.54, 1.807) is 0 Å². The SMILES string of the molecule is Cc1cc(C)c2nc(-c3ccccc3)cc(C(=O)Oc3ccc4ccccc4c3)c2c1. The number of esters is 1. The zero-order valence-electron chi connectivity index (χ0n) is 17.4. The molecule has 3 nitrogen and oxygen atoms in total. The van der Waals surface area contributed by atoms with Crippen LogP contribution in [0.3, 0.4) is 0 Å². The zero-order chi connectivity index (χ0) is 21.4. The molecule has 4 aromatic carbocycles. The number of rotatable bonds is 3. The van der Waals surface area contributed by atoms with Gasteiger partial charge in [0.25, 0.3) is 0 Å². The van der Waals surface area contributed by atoms with Crippen molar-refractivity contribution < 1.29 is 9.53 Å². The number of hydrogen-bond donors (Lipinski definition) is 0. The Kier molecular flexibility index (Phi) is 4.72. The van der Waals surface area contributed by atoms with Gasteiger partial charge in [0.2, 0.25) is 0 Å². The van der Waals surface area contributed by atoms with Crippen LogP contribution in [0.2, 0.25) is 0 Å². The van der Waals surface area contributed by atoms with Gasteiger partial charge in [0.15, 0.2) is 0 Å². The van der Waals surface area contributed by atoms with E-state index in [0.29, 0.717) is 11.3 Å². The van der Waals surface area contributed by atoms with Gasteiger partial charge in [-0.2, -0.15) is 0 Å². The molecular formula is C28H21NO2. The fraction of sp³-hybridized carbons (Fsp3) is 0.0714. The first-order chi connectivity index (χ1) is 15.1. The Morgan fingerprint density at radius 1 is 0.774 bits per heavy atom. The molecule has 0 radical (unpaired) electrons. The zero-order valence-corrected chi connectivity index (χ0v) is 17.4. The lowest BCUT2D eigenvalue weighted by Gasteiger charge is -2.13. The van der Waals surface area contributed by atoms with Crippen molar-refractivity contribution in [3.05, 3.63) is 108 Å². The Bertz CT molecular complexity index is 1440. The molecule has 0 spiro atoms. The summed E-state index contributed by atoms with van der Waals surface area (Å²) in [4.78, 5) is 18.2. The standard InChI is InChI=1S/C28H21NO2/c1-18-14-19(2)27-24(15-18)25(17-26(29-27)21-9-4-3-5-10-21)28(30)31-23-13-12-20-8-6-7-11-22(20)16-23/h3-17H,1-2H3. The summed E-state index contributed by atoms with van der Waals surface area (Å²) >= 11 is 0. The molecule has 0 aliphatic rings. The van der Waals surface area contributed by atoms with Gasteiger partial charge in [-0.05, 0) is 54.4 Å². The normalized spacial score (nSPS) is 11.0. The van der Waals surface area contributed by atoms with Crippen LogP contribution in [0.5, 0.6) is 5.75 Å². The largest absolute Gasteiger partial charge is 0.423 e. The molecule has 5 rings (SSSR count). The monoisotopic (exact) mass is 403 g/mol. The van der Waals surface area contributed by atoms with Crippen molar-refractivity contribution in [3.63, 3.8) is 0 Å². The van der Waals surface area contributed by atoms with Crippen molar-refractivity contribution >= 4 is 27.6 Å². The second kappa shape index (κ2) is 7.69. The summed E-state index contributed by atoms with van der Waals surface area (Å²) in [6.45, 7) is 4.05. The number of fused-ring (bicyclic) bond motifs is 2. The van der Waals surface area contributed by atoms with Crippen LogP contribution in [-0.2, 0) is 0 Å². The minimum absolute atomic E-state index is 0.384. The number of pyridine rings is 1. The molecule has 0 aliphatic heterocycles. The summed E-state index contributed by atoms with van der Waals surface area (Å²) in [6, 6.07) is 29.5. The van der Waals surface area contributed by atoms with E-state index in [4.69, 9.17) is 9.72 Å². The number of nitrogens with zero attached hydrogens (tertiary/aromatic N) is 1. The maximum Gasteiger partial charge on any atom is 0.344 e. The molecule has 0 atom stereocenters. The van der Waals surface area contributed by atoms with Gasteiger partial charge in [-0.25, -0.2) is 9.78 Å². The van der Waals surface area contributed by atoms with E-state index in [0.717, 1.165) is 44.1 Å². The lowest BCUT2D eigenvalue weighted by Crippen LogP contribution is -2.10. The van der Waals surface area contributed by atoms with Crippen LogP contribution < -0.4 is 4.74 Å². The molecule has 3 heteroatoms. The number of hydrogen-bond acceptors (Lipinski definition) is 3. The van der Waals surface area contributed by atoms with E-state index in [2.05, 4.69) is 6.07 Å². The third-order valence-electron chi connectivity index (χ3n) is 5.47. The topological polar surface area (TPSA) is 39.2 Å². The van der Waals surface area contributed by atoms with Gasteiger partial charge in [-0.1, -0.05) is 72.3 Å². The highest BCUT2D eigenvalue weighted by Crippen LogP contribution is 2.29. The number of aromatic nitrogens is 1. The molecular weight excluding hydrogens is 382 g/mol. The molecule has 1 aromatic heterocycles. The maximum absolute atomic E-state index is 13.3. The highest BCUT2D eigenvalue weighted by Gasteiger charge is 2.18. The minimum Gasteiger partial charge on any atom is -0.423 e. The number of carbonyl (C=O) groups excluding carboxylic acids is 1. The van der Waals surface area contributed by atoms with Crippen molar-refractivity contribution in [3.8, 4) is 17.0 Å². The second-order valence-corrected chi connectivity index (χ2v) is 7.80. The first-order valence-electron chi connectivity index (χ1n) is 10.3. The quantitative estimate of drug-likeness (QED) is 0.243. The minimum atomic E-state index is -0.384. The molecule has 0 N–H and O–H groups in total. The molecule has 150 valence electrons. The van der Waals surface area contributed by atoms with Crippen LogP contribution >= 0.6 is 0 Å². The summed E-state index contributed by atoms with van der Waals surface area (Å²) in [6.07, 6.45) is 0. The molecule has 31 heavy (non-hydrogen) atoms. The molecule has 0 fully saturated rings. The maximum atomic E-state index is 13.3. The third-order valence-corrected chi connectivity index (χ3v) is 5.47. The lowest BCUT2D eigenvalue weighted by atomic mass is 10.00. The Morgan fingerprint density at radius 2 is 1.52 bits per heavy atom. The predicted molar refractivity (Wildman–Crippen MR) is 126 cm³/mol. The molecule has 0 unspecified atom stereocenters. The summed E-state index contributed by atoms with van der Waals surface area (Å²) in [5, 5.41) is 2.95. The Hall–Kier alpha value is -3.98. The predicted octanol–water partition coefficient (Wildman–Crippen LogP) is 6.89. The number of ether oxygens (including phenoxy) is 1. The fourth-order valence-electron chi connectivity index (χ4n) is 4.00. The van der Waals surface area contributed by atoms with Crippen molar-refractivity contribution in [2.45, 2.75) is 13.8 Å². The van der Waals surface area contributed by atoms with Crippen LogP contribution in [0.25, 0.3) is 32.9 Å². The molecule has 0 saturated heterocycles. The van der Waals surface area contributed by atoms with Crippen molar-refractivity contribution in [1.29, 1.82) is 0 Å². The number of aryl methyl sites for hydroxylation is 2. The van der Waals surface area contributed by atoms with Gasteiger partial charge >= 0.3 is 5.97 Å². The molecule has 1 heterocycles. The van der Waals surface area contributed by atoms with Gasteiger partial charge in [-0.3, -0.25) is 0 Å². The second-order valence-electron chi connectivity index (χ2n) is 7.80. The van der Waals surface area contributed by atoms with Gasteiger partial charge in [0.1, 0.15) is 5.75 Å². The van der Waals surface area contributed by atoms with Crippen LogP contribution in [0.1, 0.15) is 21.5 Å². The Labute approximate surface area is 180 Å². The summed E-state index contributed by atoms with van der Waals surface area (Å²) < 4.78 is 5.82. The number of carbonyl (C=O) groups is 1. The average Bonchev–Trinajstić information content (AvgIpc) is 2.79. The summed E-state index contributed by atoms with van der Waals surface area (Å²) in [5.41, 5.74) is 5.17. The van der Waals surface area contributed by atoms with Crippen LogP contribution in [0.15, 0.2) is 91.0 Å². The van der Waals surface area contributed by atoms with E-state index in [1.165, 1.54) is 0 Å². The summed E-state index contributed by atoms with van der Waals surface area (Å²) in [5.74, 6) is 0.143. The molecule has 5 aromatic rings. The Morgan fingerprint density at radius 3 is 2.32 bits per heavy atom. The number of benzene rings is 4. The van der Waals surface area contributed by atoms with Crippen molar-refractivity contribution in [1.82, 2.24) is 4.98 Å². The molecule has 0 amide bonds. The first-order valence-corrected chi connectivity index (χ1v) is 10.3. The Balaban J connectivity index is 1.63. The first kappa shape index (κ1) is 19.0. The van der Waals surface area contributed by atoms with E-state index in [-0.39, 0.29) is 5.97 Å². The van der Waals surface area contributed by atoms with E-state index < -0.39 is 0 Å². The molecule has 0 saturated carbocycles. The van der Waals surface area contributed by atoms with E-state index in [9.17, 15) is 4.79 Å². The van der Waals surface area contributed by atoms with Gasteiger partial charge < -0.3 is 4.74 Å². The van der Waals surface area contributed by atoms with Gasteiger partial charge in [-0.15, -0.1) is 0 Å². The molecule has 0 aliphatic carbocycles. The fourth-order valence-corrected chi connectivity index (χ4v) is 4.00. The van der Waals surface area contributed by atoms with Crippen LogP contribution in [0, 0.1) is 13.8 Å². The summed E-state index contributed by atoms with van der Waals surface area (Å²) in [7, 11) is 0. The highest BCUT2D eigenvalue weighted by molar-refractivity contribution is 6.06. The van der Waals surface area contributed by atoms with Gasteiger partial charge in [0, 0.05) is 10.9 Å². The lowest BCUT2D eigenvalue weighted by molar-refractivity contribution is 0.0737. The van der Waals surface area contributed by atoms with E-state index >= 15 is 0 Å². The van der Waals surface area contributed by atoms with Gasteiger partial charge in [0.05, 0.1) is 16.8 Å². The smallest absolute Gasteiger partial charge is 0.344 e. The van der Waals surface area contributed by atoms with Crippen LogP contribution in [0.4, 0.5) is 0 Å². The highest BCUT2D eigenvalue weighted by atomic mass is 16.5. The molecule has 0 bridgehead atoms.